The highest BCUT2D eigenvalue weighted by atomic mass is 16.3. The van der Waals surface area contributed by atoms with Gasteiger partial charge in [-0.25, -0.2) is 0 Å². The minimum absolute atomic E-state index is 0.0423. The van der Waals surface area contributed by atoms with E-state index in [1.807, 2.05) is 13.8 Å². The van der Waals surface area contributed by atoms with Gasteiger partial charge in [0.1, 0.15) is 0 Å². The molecule has 4 nitrogen and oxygen atoms in total. The van der Waals surface area contributed by atoms with E-state index in [4.69, 9.17) is 20.4 Å². The molecule has 0 saturated carbocycles. The Morgan fingerprint density at radius 2 is 0.950 bits per heavy atom. The van der Waals surface area contributed by atoms with Gasteiger partial charge >= 0.3 is 0 Å². The second kappa shape index (κ2) is 7.28. The fourth-order valence-corrected chi connectivity index (χ4v) is 1.58. The second-order valence-electron chi connectivity index (χ2n) is 4.35. The Hall–Kier alpha value is -2.36. The van der Waals surface area contributed by atoms with Crippen LogP contribution < -0.4 is 0 Å². The Kier molecular flexibility index (Phi) is 5.72. The van der Waals surface area contributed by atoms with E-state index in [2.05, 4.69) is 0 Å². The first-order chi connectivity index (χ1) is 9.47. The van der Waals surface area contributed by atoms with Crippen LogP contribution in [-0.4, -0.2) is 20.4 Å². The van der Waals surface area contributed by atoms with Crippen LogP contribution in [0.2, 0.25) is 0 Å². The van der Waals surface area contributed by atoms with Crippen LogP contribution in [0, 0.1) is 0 Å². The van der Waals surface area contributed by atoms with Crippen LogP contribution in [0.15, 0.2) is 36.4 Å². The van der Waals surface area contributed by atoms with Crippen LogP contribution >= 0.6 is 0 Å². The van der Waals surface area contributed by atoms with Gasteiger partial charge in [-0.15, -0.1) is 0 Å². The average molecular weight is 276 g/mol. The molecule has 2 rings (SSSR count). The maximum atomic E-state index is 8.98. The Morgan fingerprint density at radius 1 is 0.600 bits per heavy atom. The smallest absolute Gasteiger partial charge is 0.157 e. The van der Waals surface area contributed by atoms with Crippen molar-refractivity contribution >= 4 is 0 Å². The summed E-state index contributed by atoms with van der Waals surface area (Å²) in [5.41, 5.74) is 2.05. The number of hydrogen-bond acceptors (Lipinski definition) is 4. The molecule has 0 fully saturated rings. The average Bonchev–Trinajstić information content (AvgIpc) is 2.45. The van der Waals surface area contributed by atoms with Crippen LogP contribution in [0.25, 0.3) is 0 Å². The van der Waals surface area contributed by atoms with Crippen molar-refractivity contribution in [2.75, 3.05) is 0 Å². The molecule has 0 aromatic heterocycles. The highest BCUT2D eigenvalue weighted by molar-refractivity contribution is 5.41. The van der Waals surface area contributed by atoms with Gasteiger partial charge in [0.15, 0.2) is 23.0 Å². The summed E-state index contributed by atoms with van der Waals surface area (Å²) in [6, 6.07) is 9.69. The van der Waals surface area contributed by atoms with Gasteiger partial charge in [-0.2, -0.15) is 0 Å². The molecule has 0 saturated heterocycles. The van der Waals surface area contributed by atoms with E-state index < -0.39 is 0 Å². The highest BCUT2D eigenvalue weighted by Crippen LogP contribution is 2.25. The maximum absolute atomic E-state index is 8.98. The third-order valence-corrected chi connectivity index (χ3v) is 2.90. The molecule has 0 amide bonds. The summed E-state index contributed by atoms with van der Waals surface area (Å²) in [5, 5.41) is 35.7. The monoisotopic (exact) mass is 276 g/mol. The molecule has 20 heavy (non-hydrogen) atoms. The van der Waals surface area contributed by atoms with Crippen molar-refractivity contribution in [3.05, 3.63) is 47.5 Å². The summed E-state index contributed by atoms with van der Waals surface area (Å²) in [5.74, 6) is -0.201. The van der Waals surface area contributed by atoms with E-state index in [0.29, 0.717) is 0 Å². The fraction of sp³-hybridized carbons (Fsp3) is 0.250. The van der Waals surface area contributed by atoms with Gasteiger partial charge in [0.2, 0.25) is 0 Å². The van der Waals surface area contributed by atoms with E-state index in [-0.39, 0.29) is 23.0 Å². The van der Waals surface area contributed by atoms with Gasteiger partial charge in [-0.3, -0.25) is 0 Å². The first kappa shape index (κ1) is 15.7. The van der Waals surface area contributed by atoms with Crippen molar-refractivity contribution in [3.8, 4) is 23.0 Å². The van der Waals surface area contributed by atoms with Crippen LogP contribution in [0.4, 0.5) is 0 Å². The number of aryl methyl sites for hydroxylation is 2. The summed E-state index contributed by atoms with van der Waals surface area (Å²) in [6.07, 6.45) is 1.74. The zero-order valence-corrected chi connectivity index (χ0v) is 11.7. The Balaban J connectivity index is 0.000000200. The quantitative estimate of drug-likeness (QED) is 0.634. The van der Waals surface area contributed by atoms with Crippen molar-refractivity contribution in [2.45, 2.75) is 26.7 Å². The molecule has 0 spiro atoms. The molecular formula is C16H20O4. The minimum atomic E-state index is -0.0581. The van der Waals surface area contributed by atoms with E-state index in [1.165, 1.54) is 12.1 Å². The van der Waals surface area contributed by atoms with Gasteiger partial charge in [0, 0.05) is 0 Å². The standard InChI is InChI=1S/2C8H10O2/c2*1-2-6-3-4-7(9)8(10)5-6/h2*3-5,9-10H,2H2,1H3. The largest absolute Gasteiger partial charge is 0.504 e. The number of benzene rings is 2. The van der Waals surface area contributed by atoms with E-state index in [0.717, 1.165) is 24.0 Å². The van der Waals surface area contributed by atoms with Gasteiger partial charge in [-0.05, 0) is 48.2 Å². The van der Waals surface area contributed by atoms with Gasteiger partial charge in [0.25, 0.3) is 0 Å². The molecule has 0 radical (unpaired) electrons. The second-order valence-corrected chi connectivity index (χ2v) is 4.35. The van der Waals surface area contributed by atoms with Gasteiger partial charge < -0.3 is 20.4 Å². The van der Waals surface area contributed by atoms with Crippen molar-refractivity contribution in [1.29, 1.82) is 0 Å². The molecule has 2 aromatic rings. The molecule has 0 atom stereocenters. The first-order valence-corrected chi connectivity index (χ1v) is 6.49. The predicted octanol–water partition coefficient (Wildman–Crippen LogP) is 3.32. The Labute approximate surface area is 118 Å². The summed E-state index contributed by atoms with van der Waals surface area (Å²) in [7, 11) is 0. The van der Waals surface area contributed by atoms with Gasteiger partial charge in [-0.1, -0.05) is 26.0 Å². The molecule has 0 unspecified atom stereocenters. The highest BCUT2D eigenvalue weighted by Gasteiger charge is 1.98. The Morgan fingerprint density at radius 3 is 1.20 bits per heavy atom. The zero-order valence-electron chi connectivity index (χ0n) is 11.7. The summed E-state index contributed by atoms with van der Waals surface area (Å²) >= 11 is 0. The predicted molar refractivity (Wildman–Crippen MR) is 78.3 cm³/mol. The summed E-state index contributed by atoms with van der Waals surface area (Å²) < 4.78 is 0. The molecule has 0 aliphatic heterocycles. The topological polar surface area (TPSA) is 80.9 Å². The molecule has 0 aliphatic rings. The lowest BCUT2D eigenvalue weighted by Gasteiger charge is -1.98. The van der Waals surface area contributed by atoms with Crippen LogP contribution in [0.3, 0.4) is 0 Å². The number of hydrogen-bond donors (Lipinski definition) is 4. The van der Waals surface area contributed by atoms with Gasteiger partial charge in [0.05, 0.1) is 0 Å². The number of rotatable bonds is 2. The van der Waals surface area contributed by atoms with Crippen molar-refractivity contribution < 1.29 is 20.4 Å². The molecule has 2 aromatic carbocycles. The van der Waals surface area contributed by atoms with Crippen LogP contribution in [-0.2, 0) is 12.8 Å². The molecule has 0 aliphatic carbocycles. The molecule has 0 bridgehead atoms. The summed E-state index contributed by atoms with van der Waals surface area (Å²) in [4.78, 5) is 0. The van der Waals surface area contributed by atoms with E-state index in [1.54, 1.807) is 24.3 Å². The molecular weight excluding hydrogens is 256 g/mol. The third-order valence-electron chi connectivity index (χ3n) is 2.90. The maximum Gasteiger partial charge on any atom is 0.157 e. The van der Waals surface area contributed by atoms with Crippen LogP contribution in [0.5, 0.6) is 23.0 Å². The SMILES string of the molecule is CCc1ccc(O)c(O)c1.CCc1ccc(O)c(O)c1. The van der Waals surface area contributed by atoms with Crippen molar-refractivity contribution in [2.24, 2.45) is 0 Å². The normalized spacial score (nSPS) is 9.70. The van der Waals surface area contributed by atoms with Crippen molar-refractivity contribution in [3.63, 3.8) is 0 Å². The number of phenolic OH excluding ortho intramolecular Hbond substituents is 4. The van der Waals surface area contributed by atoms with E-state index in [9.17, 15) is 0 Å². The first-order valence-electron chi connectivity index (χ1n) is 6.49. The lowest BCUT2D eigenvalue weighted by atomic mass is 10.1. The molecule has 0 heterocycles. The third kappa shape index (κ3) is 4.39. The fourth-order valence-electron chi connectivity index (χ4n) is 1.58. The number of aromatic hydroxyl groups is 4. The van der Waals surface area contributed by atoms with Crippen LogP contribution in [0.1, 0.15) is 25.0 Å². The minimum Gasteiger partial charge on any atom is -0.504 e. The lowest BCUT2D eigenvalue weighted by molar-refractivity contribution is 0.403. The molecule has 108 valence electrons. The molecule has 4 N–H and O–H groups in total. The zero-order chi connectivity index (χ0) is 15.1. The lowest BCUT2D eigenvalue weighted by Crippen LogP contribution is -1.77. The van der Waals surface area contributed by atoms with E-state index >= 15 is 0 Å². The number of phenols is 4. The molecule has 4 heteroatoms. The summed E-state index contributed by atoms with van der Waals surface area (Å²) in [6.45, 7) is 3.98. The van der Waals surface area contributed by atoms with Crippen molar-refractivity contribution in [1.82, 2.24) is 0 Å². The Bertz CT molecular complexity index is 513.